The molecule has 1 aromatic heterocycles. The average molecular weight is 309 g/mol. The molecule has 0 saturated heterocycles. The van der Waals surface area contributed by atoms with Crippen molar-refractivity contribution in [1.29, 1.82) is 0 Å². The second kappa shape index (κ2) is 6.60. The van der Waals surface area contributed by atoms with Crippen LogP contribution in [0, 0.1) is 0 Å². The van der Waals surface area contributed by atoms with E-state index >= 15 is 0 Å². The van der Waals surface area contributed by atoms with Gasteiger partial charge in [-0.2, -0.15) is 13.2 Å². The SMILES string of the molecule is COc1ccnc(CC(=O)Cc2ccc(C(F)(F)F)cc2)c1. The third-order valence-corrected chi connectivity index (χ3v) is 3.08. The van der Waals surface area contributed by atoms with E-state index in [1.54, 1.807) is 18.3 Å². The molecule has 0 fully saturated rings. The Morgan fingerprint density at radius 3 is 2.41 bits per heavy atom. The Hall–Kier alpha value is -2.37. The molecule has 2 aromatic rings. The molecule has 0 aliphatic rings. The predicted molar refractivity (Wildman–Crippen MR) is 74.6 cm³/mol. The lowest BCUT2D eigenvalue weighted by Gasteiger charge is -2.07. The van der Waals surface area contributed by atoms with E-state index in [1.807, 2.05) is 0 Å². The number of carbonyl (C=O) groups is 1. The van der Waals surface area contributed by atoms with Gasteiger partial charge in [-0.25, -0.2) is 0 Å². The third-order valence-electron chi connectivity index (χ3n) is 3.08. The molecular weight excluding hydrogens is 295 g/mol. The Balaban J connectivity index is 1.99. The van der Waals surface area contributed by atoms with Crippen LogP contribution in [0.5, 0.6) is 5.75 Å². The van der Waals surface area contributed by atoms with Crippen LogP contribution in [0.1, 0.15) is 16.8 Å². The first-order chi connectivity index (χ1) is 10.4. The number of methoxy groups -OCH3 is 1. The van der Waals surface area contributed by atoms with E-state index in [0.717, 1.165) is 12.1 Å². The summed E-state index contributed by atoms with van der Waals surface area (Å²) in [6, 6.07) is 7.92. The van der Waals surface area contributed by atoms with Gasteiger partial charge in [0.05, 0.1) is 18.4 Å². The van der Waals surface area contributed by atoms with Crippen LogP contribution in [0.3, 0.4) is 0 Å². The van der Waals surface area contributed by atoms with E-state index in [-0.39, 0.29) is 18.6 Å². The Morgan fingerprint density at radius 1 is 1.14 bits per heavy atom. The number of rotatable bonds is 5. The molecule has 0 bridgehead atoms. The molecule has 2 rings (SSSR count). The maximum absolute atomic E-state index is 12.5. The number of alkyl halides is 3. The Labute approximate surface area is 125 Å². The lowest BCUT2D eigenvalue weighted by atomic mass is 10.0. The molecule has 0 N–H and O–H groups in total. The zero-order valence-corrected chi connectivity index (χ0v) is 11.9. The van der Waals surface area contributed by atoms with Gasteiger partial charge in [0.25, 0.3) is 0 Å². The number of ether oxygens (including phenoxy) is 1. The minimum atomic E-state index is -4.37. The molecule has 0 aliphatic carbocycles. The van der Waals surface area contributed by atoms with Gasteiger partial charge in [-0.15, -0.1) is 0 Å². The Kier molecular flexibility index (Phi) is 4.80. The largest absolute Gasteiger partial charge is 0.497 e. The first-order valence-corrected chi connectivity index (χ1v) is 6.55. The molecule has 1 heterocycles. The van der Waals surface area contributed by atoms with E-state index < -0.39 is 11.7 Å². The quantitative estimate of drug-likeness (QED) is 0.849. The summed E-state index contributed by atoms with van der Waals surface area (Å²) in [6.07, 6.45) is -2.65. The number of hydrogen-bond donors (Lipinski definition) is 0. The zero-order chi connectivity index (χ0) is 16.2. The summed E-state index contributed by atoms with van der Waals surface area (Å²) in [5.41, 5.74) is 0.385. The van der Waals surface area contributed by atoms with Crippen molar-refractivity contribution in [2.75, 3.05) is 7.11 Å². The maximum atomic E-state index is 12.5. The molecule has 0 unspecified atom stereocenters. The zero-order valence-electron chi connectivity index (χ0n) is 11.9. The van der Waals surface area contributed by atoms with E-state index in [9.17, 15) is 18.0 Å². The van der Waals surface area contributed by atoms with Crippen LogP contribution in [0.15, 0.2) is 42.6 Å². The molecule has 0 spiro atoms. The van der Waals surface area contributed by atoms with Gasteiger partial charge in [0.1, 0.15) is 11.5 Å². The number of Topliss-reactive ketones (excluding diaryl/α,β-unsaturated/α-hetero) is 1. The summed E-state index contributed by atoms with van der Waals surface area (Å²) in [4.78, 5) is 16.0. The number of halogens is 3. The van der Waals surface area contributed by atoms with Crippen molar-refractivity contribution in [1.82, 2.24) is 4.98 Å². The van der Waals surface area contributed by atoms with Crippen molar-refractivity contribution in [3.05, 3.63) is 59.4 Å². The van der Waals surface area contributed by atoms with Crippen LogP contribution >= 0.6 is 0 Å². The van der Waals surface area contributed by atoms with Gasteiger partial charge in [0.15, 0.2) is 0 Å². The van der Waals surface area contributed by atoms with Crippen LogP contribution < -0.4 is 4.74 Å². The van der Waals surface area contributed by atoms with Crippen LogP contribution in [0.2, 0.25) is 0 Å². The van der Waals surface area contributed by atoms with Crippen molar-refractivity contribution in [3.63, 3.8) is 0 Å². The van der Waals surface area contributed by atoms with Crippen molar-refractivity contribution < 1.29 is 22.7 Å². The highest BCUT2D eigenvalue weighted by Gasteiger charge is 2.29. The number of carbonyl (C=O) groups excluding carboxylic acids is 1. The number of nitrogens with zero attached hydrogens (tertiary/aromatic N) is 1. The van der Waals surface area contributed by atoms with Crippen molar-refractivity contribution in [2.45, 2.75) is 19.0 Å². The summed E-state index contributed by atoms with van der Waals surface area (Å²) in [5, 5.41) is 0. The summed E-state index contributed by atoms with van der Waals surface area (Å²) >= 11 is 0. The minimum Gasteiger partial charge on any atom is -0.497 e. The van der Waals surface area contributed by atoms with E-state index in [0.29, 0.717) is 17.0 Å². The summed E-state index contributed by atoms with van der Waals surface area (Å²) in [6.45, 7) is 0. The minimum absolute atomic E-state index is 0.0665. The number of ketones is 1. The fourth-order valence-electron chi connectivity index (χ4n) is 1.98. The molecular formula is C16H14F3NO2. The van der Waals surface area contributed by atoms with Crippen molar-refractivity contribution >= 4 is 5.78 Å². The Bertz CT molecular complexity index is 651. The first-order valence-electron chi connectivity index (χ1n) is 6.55. The summed E-state index contributed by atoms with van der Waals surface area (Å²) < 4.78 is 42.4. The lowest BCUT2D eigenvalue weighted by Crippen LogP contribution is -2.09. The molecule has 0 atom stereocenters. The third kappa shape index (κ3) is 4.31. The second-order valence-corrected chi connectivity index (χ2v) is 4.77. The number of pyridine rings is 1. The number of aromatic nitrogens is 1. The van der Waals surface area contributed by atoms with Crippen LogP contribution in [0.4, 0.5) is 13.2 Å². The molecule has 0 aliphatic heterocycles. The lowest BCUT2D eigenvalue weighted by molar-refractivity contribution is -0.137. The van der Waals surface area contributed by atoms with Gasteiger partial charge in [-0.3, -0.25) is 9.78 Å². The molecule has 3 nitrogen and oxygen atoms in total. The van der Waals surface area contributed by atoms with Crippen LogP contribution in [-0.2, 0) is 23.8 Å². The van der Waals surface area contributed by atoms with Crippen molar-refractivity contribution in [2.24, 2.45) is 0 Å². The van der Waals surface area contributed by atoms with Crippen molar-refractivity contribution in [3.8, 4) is 5.75 Å². The molecule has 22 heavy (non-hydrogen) atoms. The fourth-order valence-corrected chi connectivity index (χ4v) is 1.98. The highest BCUT2D eigenvalue weighted by molar-refractivity contribution is 5.82. The van der Waals surface area contributed by atoms with E-state index in [2.05, 4.69) is 4.98 Å². The van der Waals surface area contributed by atoms with Gasteiger partial charge in [0.2, 0.25) is 0 Å². The summed E-state index contributed by atoms with van der Waals surface area (Å²) in [5.74, 6) is 0.479. The van der Waals surface area contributed by atoms with Gasteiger partial charge in [-0.05, 0) is 23.8 Å². The monoisotopic (exact) mass is 309 g/mol. The standard InChI is InChI=1S/C16H14F3NO2/c1-22-15-6-7-20-13(10-15)9-14(21)8-11-2-4-12(5-3-11)16(17,18)19/h2-7,10H,8-9H2,1H3. The van der Waals surface area contributed by atoms with Crippen LogP contribution in [-0.4, -0.2) is 17.9 Å². The molecule has 0 amide bonds. The molecule has 116 valence electrons. The van der Waals surface area contributed by atoms with Crippen LogP contribution in [0.25, 0.3) is 0 Å². The fraction of sp³-hybridized carbons (Fsp3) is 0.250. The molecule has 1 aromatic carbocycles. The average Bonchev–Trinajstić information content (AvgIpc) is 2.47. The molecule has 0 radical (unpaired) electrons. The van der Waals surface area contributed by atoms with Gasteiger partial charge < -0.3 is 4.74 Å². The van der Waals surface area contributed by atoms with Gasteiger partial charge in [-0.1, -0.05) is 12.1 Å². The second-order valence-electron chi connectivity index (χ2n) is 4.77. The Morgan fingerprint density at radius 2 is 1.82 bits per heavy atom. The number of hydrogen-bond acceptors (Lipinski definition) is 3. The molecule has 6 heteroatoms. The summed E-state index contributed by atoms with van der Waals surface area (Å²) in [7, 11) is 1.52. The maximum Gasteiger partial charge on any atom is 0.416 e. The van der Waals surface area contributed by atoms with Gasteiger partial charge in [0, 0.05) is 25.1 Å². The van der Waals surface area contributed by atoms with Gasteiger partial charge >= 0.3 is 6.18 Å². The number of benzene rings is 1. The highest BCUT2D eigenvalue weighted by atomic mass is 19.4. The highest BCUT2D eigenvalue weighted by Crippen LogP contribution is 2.29. The normalized spacial score (nSPS) is 11.3. The first kappa shape index (κ1) is 16.0. The van der Waals surface area contributed by atoms with E-state index in [1.165, 1.54) is 19.2 Å². The molecule has 0 saturated carbocycles. The predicted octanol–water partition coefficient (Wildman–Crippen LogP) is 3.46. The topological polar surface area (TPSA) is 39.2 Å². The smallest absolute Gasteiger partial charge is 0.416 e. The van der Waals surface area contributed by atoms with E-state index in [4.69, 9.17) is 4.74 Å².